The minimum atomic E-state index is 0.219. The van der Waals surface area contributed by atoms with E-state index in [9.17, 15) is 4.79 Å². The summed E-state index contributed by atoms with van der Waals surface area (Å²) in [6.07, 6.45) is 7.22. The van der Waals surface area contributed by atoms with E-state index in [0.717, 1.165) is 70.6 Å². The predicted octanol–water partition coefficient (Wildman–Crippen LogP) is 2.63. The number of anilines is 1. The SMILES string of the molecule is Cn1cc2c(c1)C(=O)N(CCCN1CCN(c3ccccc3)CC1)CCC2. The third kappa shape index (κ3) is 4.19. The van der Waals surface area contributed by atoms with Gasteiger partial charge >= 0.3 is 0 Å². The van der Waals surface area contributed by atoms with Gasteiger partial charge in [0.15, 0.2) is 0 Å². The number of hydrogen-bond donors (Lipinski definition) is 0. The topological polar surface area (TPSA) is 31.7 Å². The fourth-order valence-electron chi connectivity index (χ4n) is 4.33. The number of benzene rings is 1. The lowest BCUT2D eigenvalue weighted by atomic mass is 10.1. The van der Waals surface area contributed by atoms with Crippen molar-refractivity contribution in [2.45, 2.75) is 19.3 Å². The molecule has 1 aromatic carbocycles. The van der Waals surface area contributed by atoms with Crippen molar-refractivity contribution in [3.05, 3.63) is 53.9 Å². The fraction of sp³-hybridized carbons (Fsp3) is 0.500. The van der Waals surface area contributed by atoms with Crippen molar-refractivity contribution in [3.63, 3.8) is 0 Å². The van der Waals surface area contributed by atoms with Gasteiger partial charge in [-0.2, -0.15) is 0 Å². The Balaban J connectivity index is 1.24. The van der Waals surface area contributed by atoms with Gasteiger partial charge in [0.1, 0.15) is 0 Å². The summed E-state index contributed by atoms with van der Waals surface area (Å²) in [7, 11) is 2.00. The standard InChI is InChI=1S/C22H30N4O/c1-23-17-19-7-5-11-26(22(27)21(19)18-23)12-6-10-24-13-15-25(16-14-24)20-8-3-2-4-9-20/h2-4,8-9,17-18H,5-7,10-16H2,1H3. The lowest BCUT2D eigenvalue weighted by molar-refractivity contribution is 0.0752. The Morgan fingerprint density at radius 1 is 0.926 bits per heavy atom. The summed E-state index contributed by atoms with van der Waals surface area (Å²) in [4.78, 5) is 19.9. The first kappa shape index (κ1) is 18.1. The molecule has 3 heterocycles. The van der Waals surface area contributed by atoms with Crippen LogP contribution in [-0.2, 0) is 13.5 Å². The molecule has 0 N–H and O–H groups in total. The average Bonchev–Trinajstić information content (AvgIpc) is 3.01. The summed E-state index contributed by atoms with van der Waals surface area (Å²) < 4.78 is 2.01. The summed E-state index contributed by atoms with van der Waals surface area (Å²) in [6.45, 7) is 7.20. The van der Waals surface area contributed by atoms with Crippen LogP contribution >= 0.6 is 0 Å². The van der Waals surface area contributed by atoms with E-state index in [1.165, 1.54) is 11.3 Å². The highest BCUT2D eigenvalue weighted by molar-refractivity contribution is 5.96. The molecule has 5 nitrogen and oxygen atoms in total. The van der Waals surface area contributed by atoms with Crippen molar-refractivity contribution in [3.8, 4) is 0 Å². The number of carbonyl (C=O) groups excluding carboxylic acids is 1. The molecule has 0 saturated carbocycles. The van der Waals surface area contributed by atoms with Crippen LogP contribution in [0.1, 0.15) is 28.8 Å². The van der Waals surface area contributed by atoms with Crippen LogP contribution in [0.4, 0.5) is 5.69 Å². The fourth-order valence-corrected chi connectivity index (χ4v) is 4.33. The molecule has 2 aromatic rings. The monoisotopic (exact) mass is 366 g/mol. The summed E-state index contributed by atoms with van der Waals surface area (Å²) in [5, 5.41) is 0. The summed E-state index contributed by atoms with van der Waals surface area (Å²) in [5.41, 5.74) is 3.44. The molecule has 1 aromatic heterocycles. The first-order valence-electron chi connectivity index (χ1n) is 10.2. The highest BCUT2D eigenvalue weighted by Crippen LogP contribution is 2.20. The number of nitrogens with zero attached hydrogens (tertiary/aromatic N) is 4. The van der Waals surface area contributed by atoms with Crippen LogP contribution in [0.3, 0.4) is 0 Å². The van der Waals surface area contributed by atoms with E-state index in [1.807, 2.05) is 17.8 Å². The van der Waals surface area contributed by atoms with Crippen molar-refractivity contribution in [2.24, 2.45) is 7.05 Å². The molecule has 0 aliphatic carbocycles. The molecule has 27 heavy (non-hydrogen) atoms. The smallest absolute Gasteiger partial charge is 0.255 e. The molecular weight excluding hydrogens is 336 g/mol. The first-order chi connectivity index (χ1) is 13.2. The number of piperazine rings is 1. The van der Waals surface area contributed by atoms with Crippen molar-refractivity contribution in [2.75, 3.05) is 50.7 Å². The normalized spacial score (nSPS) is 18.5. The molecular formula is C22H30N4O. The summed E-state index contributed by atoms with van der Waals surface area (Å²) >= 11 is 0. The van der Waals surface area contributed by atoms with E-state index in [2.05, 4.69) is 51.2 Å². The Kier molecular flexibility index (Phi) is 5.48. The molecule has 0 unspecified atom stereocenters. The molecule has 2 aliphatic rings. The number of hydrogen-bond acceptors (Lipinski definition) is 3. The molecule has 0 spiro atoms. The highest BCUT2D eigenvalue weighted by atomic mass is 16.2. The molecule has 0 bridgehead atoms. The van der Waals surface area contributed by atoms with Crippen LogP contribution in [0.25, 0.3) is 0 Å². The van der Waals surface area contributed by atoms with Gasteiger partial charge in [0.05, 0.1) is 5.56 Å². The lowest BCUT2D eigenvalue weighted by Crippen LogP contribution is -2.47. The van der Waals surface area contributed by atoms with Crippen LogP contribution in [0.2, 0.25) is 0 Å². The van der Waals surface area contributed by atoms with Gasteiger partial charge in [0, 0.05) is 64.4 Å². The molecule has 0 atom stereocenters. The Morgan fingerprint density at radius 2 is 1.70 bits per heavy atom. The number of rotatable bonds is 5. The van der Waals surface area contributed by atoms with E-state index >= 15 is 0 Å². The van der Waals surface area contributed by atoms with Crippen LogP contribution < -0.4 is 4.90 Å². The second kappa shape index (κ2) is 8.17. The summed E-state index contributed by atoms with van der Waals surface area (Å²) in [6, 6.07) is 10.7. The van der Waals surface area contributed by atoms with Gasteiger partial charge < -0.3 is 14.4 Å². The van der Waals surface area contributed by atoms with Crippen LogP contribution in [-0.4, -0.2) is 66.1 Å². The van der Waals surface area contributed by atoms with E-state index in [-0.39, 0.29) is 5.91 Å². The van der Waals surface area contributed by atoms with Gasteiger partial charge in [-0.25, -0.2) is 0 Å². The van der Waals surface area contributed by atoms with Gasteiger partial charge in [0.2, 0.25) is 0 Å². The largest absolute Gasteiger partial charge is 0.369 e. The van der Waals surface area contributed by atoms with E-state index < -0.39 is 0 Å². The molecule has 1 fully saturated rings. The zero-order valence-electron chi connectivity index (χ0n) is 16.3. The number of aromatic nitrogens is 1. The third-order valence-corrected chi connectivity index (χ3v) is 5.83. The van der Waals surface area contributed by atoms with Gasteiger partial charge in [-0.15, -0.1) is 0 Å². The number of carbonyl (C=O) groups is 1. The van der Waals surface area contributed by atoms with Gasteiger partial charge in [-0.1, -0.05) is 18.2 Å². The number of para-hydroxylation sites is 1. The first-order valence-corrected chi connectivity index (χ1v) is 10.2. The molecule has 5 heteroatoms. The zero-order valence-corrected chi connectivity index (χ0v) is 16.3. The van der Waals surface area contributed by atoms with Crippen molar-refractivity contribution in [1.29, 1.82) is 0 Å². The predicted molar refractivity (Wildman–Crippen MR) is 109 cm³/mol. The third-order valence-electron chi connectivity index (χ3n) is 5.83. The maximum Gasteiger partial charge on any atom is 0.255 e. The van der Waals surface area contributed by atoms with Gasteiger partial charge in [-0.3, -0.25) is 9.69 Å². The molecule has 0 radical (unpaired) electrons. The Bertz CT molecular complexity index is 762. The molecule has 1 saturated heterocycles. The molecule has 2 aliphatic heterocycles. The maximum atomic E-state index is 12.8. The highest BCUT2D eigenvalue weighted by Gasteiger charge is 2.24. The number of fused-ring (bicyclic) bond motifs is 1. The lowest BCUT2D eigenvalue weighted by Gasteiger charge is -2.36. The average molecular weight is 367 g/mol. The Hall–Kier alpha value is -2.27. The molecule has 1 amide bonds. The van der Waals surface area contributed by atoms with Crippen LogP contribution in [0, 0.1) is 0 Å². The Labute approximate surface area is 162 Å². The van der Waals surface area contributed by atoms with Crippen molar-refractivity contribution in [1.82, 2.24) is 14.4 Å². The van der Waals surface area contributed by atoms with E-state index in [1.54, 1.807) is 0 Å². The zero-order chi connectivity index (χ0) is 18.6. The van der Waals surface area contributed by atoms with Gasteiger partial charge in [0.25, 0.3) is 5.91 Å². The van der Waals surface area contributed by atoms with Crippen molar-refractivity contribution >= 4 is 11.6 Å². The second-order valence-corrected chi connectivity index (χ2v) is 7.78. The second-order valence-electron chi connectivity index (χ2n) is 7.78. The quantitative estimate of drug-likeness (QED) is 0.815. The molecule has 4 rings (SSSR count). The Morgan fingerprint density at radius 3 is 2.48 bits per heavy atom. The summed E-state index contributed by atoms with van der Waals surface area (Å²) in [5.74, 6) is 0.219. The van der Waals surface area contributed by atoms with Crippen LogP contribution in [0.5, 0.6) is 0 Å². The van der Waals surface area contributed by atoms with Crippen molar-refractivity contribution < 1.29 is 4.79 Å². The molecule has 144 valence electrons. The van der Waals surface area contributed by atoms with Crippen LogP contribution in [0.15, 0.2) is 42.7 Å². The van der Waals surface area contributed by atoms with E-state index in [0.29, 0.717) is 0 Å². The minimum Gasteiger partial charge on any atom is -0.369 e. The number of amides is 1. The van der Waals surface area contributed by atoms with Gasteiger partial charge in [-0.05, 0) is 43.5 Å². The number of aryl methyl sites for hydroxylation is 2. The maximum absolute atomic E-state index is 12.8. The minimum absolute atomic E-state index is 0.219. The van der Waals surface area contributed by atoms with E-state index in [4.69, 9.17) is 0 Å².